The summed E-state index contributed by atoms with van der Waals surface area (Å²) < 4.78 is 75.7. The molecule has 0 saturated heterocycles. The van der Waals surface area contributed by atoms with Crippen molar-refractivity contribution in [3.8, 4) is 23.0 Å². The molecule has 0 aliphatic heterocycles. The zero-order valence-corrected chi connectivity index (χ0v) is 66.6. The summed E-state index contributed by atoms with van der Waals surface area (Å²) in [6, 6.07) is 36.1. The molecule has 0 spiro atoms. The Bertz CT molecular complexity index is 6040. The van der Waals surface area contributed by atoms with E-state index in [-0.39, 0.29) is 67.3 Å². The number of nitrogens with two attached hydrogens (primary N) is 3. The maximum atomic E-state index is 15.6. The molecule has 0 radical (unpaired) electrons. The first kappa shape index (κ1) is 80.3. The van der Waals surface area contributed by atoms with Crippen LogP contribution in [-0.4, -0.2) is 86.2 Å². The number of carbonyl (C=O) groups is 3. The van der Waals surface area contributed by atoms with Crippen LogP contribution in [-0.2, 0) is 0 Å². The standard InChI is InChI=1S/2C29H27ClFN5O2.C27H29ClFN5O3/c1-15(2)38-26-20(16(3)28-34-17(4)25-27(32)33-12-13-36(25)28)14-21(30)24(31)23(26)29(37)35-22-11-7-9-18-8-5-6-10-19(18)22;1-15(2)38-26-21(16(3)28-34-17(4)25-27(32)33-11-12-36(25)28)14-22(30)24(31)23(26)29(37)35-20-10-9-18-7-5-6-8-19(18)13-20;1-13(2)37-24-18(15(4)26-32-16(5)23-25(30)31-9-10-34(23)26)12-19(28)22(29)21(24)27(35)33-20-8-7-17(36-6)11-14(20)3/h2*5-16H,1-4H3,(H2,32,33)(H,35,37);7-13,15H,1-6H3,(H2,30,31)(H,33,35)/t;16-;/m.0./s1. The van der Waals surface area contributed by atoms with Crippen LogP contribution in [0.15, 0.2) is 159 Å². The first-order chi connectivity index (χ1) is 53.8. The van der Waals surface area contributed by atoms with Crippen molar-refractivity contribution in [2.45, 2.75) is 126 Å². The summed E-state index contributed by atoms with van der Waals surface area (Å²) in [6.07, 6.45) is 9.01. The van der Waals surface area contributed by atoms with Crippen LogP contribution in [0.1, 0.15) is 168 Å². The molecule has 28 heteroatoms. The number of hydrogen-bond donors (Lipinski definition) is 6. The van der Waals surface area contributed by atoms with Crippen molar-refractivity contribution in [2.24, 2.45) is 0 Å². The number of benzene rings is 8. The second kappa shape index (κ2) is 33.4. The zero-order chi connectivity index (χ0) is 81.3. The maximum absolute atomic E-state index is 15.6. The molecular formula is C85H83Cl3F3N15O7. The number of rotatable bonds is 19. The Balaban J connectivity index is 0.000000157. The molecule has 6 aromatic heterocycles. The Morgan fingerprint density at radius 2 is 0.805 bits per heavy atom. The molecule has 6 heterocycles. The number of methoxy groups -OCH3 is 1. The minimum atomic E-state index is -0.866. The molecule has 113 heavy (non-hydrogen) atoms. The number of nitrogens with zero attached hydrogens (tertiary/aromatic N) is 9. The zero-order valence-electron chi connectivity index (χ0n) is 64.4. The van der Waals surface area contributed by atoms with Crippen LogP contribution in [0.2, 0.25) is 15.1 Å². The normalized spacial score (nSPS) is 12.2. The van der Waals surface area contributed by atoms with Crippen molar-refractivity contribution in [1.82, 2.24) is 43.1 Å². The molecule has 14 rings (SSSR count). The van der Waals surface area contributed by atoms with Crippen LogP contribution in [0, 0.1) is 45.1 Å². The quantitative estimate of drug-likeness (QED) is 0.0438. The third-order valence-electron chi connectivity index (χ3n) is 19.0. The van der Waals surface area contributed by atoms with E-state index < -0.39 is 52.9 Å². The average Bonchev–Trinajstić information content (AvgIpc) is 1.75. The first-order valence-corrected chi connectivity index (χ1v) is 37.4. The highest BCUT2D eigenvalue weighted by molar-refractivity contribution is 6.32. The summed E-state index contributed by atoms with van der Waals surface area (Å²) in [5, 5.41) is 11.6. The van der Waals surface area contributed by atoms with E-state index in [0.717, 1.165) is 27.1 Å². The Hall–Kier alpha value is -12.2. The number of imidazole rings is 3. The number of aromatic nitrogens is 9. The van der Waals surface area contributed by atoms with E-state index >= 15 is 13.2 Å². The van der Waals surface area contributed by atoms with E-state index in [1.54, 1.807) is 88.5 Å². The van der Waals surface area contributed by atoms with E-state index in [0.29, 0.717) is 108 Å². The van der Waals surface area contributed by atoms with Gasteiger partial charge in [-0.05, 0) is 146 Å². The number of carbonyl (C=O) groups excluding carboxylic acids is 3. The summed E-state index contributed by atoms with van der Waals surface area (Å²) in [5.41, 5.74) is 25.5. The Kier molecular flexibility index (Phi) is 23.7. The van der Waals surface area contributed by atoms with Crippen molar-refractivity contribution in [3.63, 3.8) is 0 Å². The van der Waals surface area contributed by atoms with Gasteiger partial charge in [0.05, 0.1) is 57.6 Å². The highest BCUT2D eigenvalue weighted by atomic mass is 35.5. The number of halogens is 6. The Labute approximate surface area is 664 Å². The summed E-state index contributed by atoms with van der Waals surface area (Å²) >= 11 is 19.1. The second-order valence-corrected chi connectivity index (χ2v) is 29.2. The summed E-state index contributed by atoms with van der Waals surface area (Å²) in [5.74, 6) is -2.00. The van der Waals surface area contributed by atoms with Gasteiger partial charge in [0.2, 0.25) is 0 Å². The number of aryl methyl sites for hydroxylation is 4. The van der Waals surface area contributed by atoms with E-state index in [2.05, 4.69) is 30.9 Å². The van der Waals surface area contributed by atoms with Crippen LogP contribution in [0.5, 0.6) is 23.0 Å². The number of amides is 3. The second-order valence-electron chi connectivity index (χ2n) is 28.0. The van der Waals surface area contributed by atoms with E-state index in [4.69, 9.17) is 85.9 Å². The molecule has 0 fully saturated rings. The van der Waals surface area contributed by atoms with Gasteiger partial charge in [-0.2, -0.15) is 0 Å². The number of fused-ring (bicyclic) bond motifs is 5. The maximum Gasteiger partial charge on any atom is 0.262 e. The lowest BCUT2D eigenvalue weighted by Crippen LogP contribution is -2.20. The molecule has 0 saturated carbocycles. The van der Waals surface area contributed by atoms with Gasteiger partial charge in [-0.3, -0.25) is 27.6 Å². The van der Waals surface area contributed by atoms with Gasteiger partial charge in [-0.15, -0.1) is 0 Å². The van der Waals surface area contributed by atoms with Gasteiger partial charge in [0.1, 0.15) is 91.2 Å². The van der Waals surface area contributed by atoms with Crippen molar-refractivity contribution in [1.29, 1.82) is 0 Å². The fourth-order valence-corrected chi connectivity index (χ4v) is 14.4. The van der Waals surface area contributed by atoms with Gasteiger partial charge in [-0.25, -0.2) is 43.1 Å². The lowest BCUT2D eigenvalue weighted by atomic mass is 9.95. The monoisotopic (exact) mass is 1590 g/mol. The van der Waals surface area contributed by atoms with Crippen molar-refractivity contribution in [3.05, 3.63) is 265 Å². The topological polar surface area (TPSA) is 293 Å². The van der Waals surface area contributed by atoms with Crippen LogP contribution in [0.4, 0.5) is 47.7 Å². The molecule has 0 aliphatic carbocycles. The largest absolute Gasteiger partial charge is 0.497 e. The summed E-state index contributed by atoms with van der Waals surface area (Å²) in [7, 11) is 1.56. The highest BCUT2D eigenvalue weighted by Crippen LogP contribution is 2.45. The molecule has 14 aromatic rings. The summed E-state index contributed by atoms with van der Waals surface area (Å²) in [6.45, 7) is 23.9. The van der Waals surface area contributed by atoms with Crippen LogP contribution in [0.3, 0.4) is 0 Å². The minimum absolute atomic E-state index is 0.101. The fourth-order valence-electron chi connectivity index (χ4n) is 13.8. The van der Waals surface area contributed by atoms with E-state index in [1.165, 1.54) is 18.2 Å². The molecule has 3 atom stereocenters. The molecule has 0 aliphatic rings. The number of nitrogen functional groups attached to an aromatic ring is 3. The summed E-state index contributed by atoms with van der Waals surface area (Å²) in [4.78, 5) is 67.4. The molecule has 8 aromatic carbocycles. The van der Waals surface area contributed by atoms with Crippen molar-refractivity contribution < 1.29 is 46.5 Å². The number of hydrogen-bond acceptors (Lipinski definition) is 16. The van der Waals surface area contributed by atoms with Gasteiger partial charge in [-0.1, -0.05) is 122 Å². The van der Waals surface area contributed by atoms with Gasteiger partial charge >= 0.3 is 0 Å². The molecule has 22 nitrogen and oxygen atoms in total. The number of anilines is 6. The Morgan fingerprint density at radius 1 is 0.434 bits per heavy atom. The van der Waals surface area contributed by atoms with Gasteiger partial charge in [0.25, 0.3) is 17.7 Å². The van der Waals surface area contributed by atoms with E-state index in [1.807, 2.05) is 162 Å². The lowest BCUT2D eigenvalue weighted by molar-refractivity contribution is 0.100. The van der Waals surface area contributed by atoms with Crippen LogP contribution < -0.4 is 52.1 Å². The third-order valence-corrected chi connectivity index (χ3v) is 19.8. The van der Waals surface area contributed by atoms with Gasteiger partial charge in [0.15, 0.2) is 17.5 Å². The number of nitrogens with one attached hydrogen (secondary N) is 3. The molecule has 582 valence electrons. The fraction of sp³-hybridized carbons (Fsp3) is 0.235. The SMILES string of the molecule is COc1ccc(NC(=O)c2c(F)c(Cl)cc(C(C)c3nc(C)c4c(N)nccn34)c2OC(C)C)c(C)c1.Cc1nc(C(C)c2cc(Cl)c(F)c(C(=O)Nc3cccc4ccccc34)c2OC(C)C)n2ccnc(N)c12.Cc1nc([C@@H](C)c2cc(Cl)c(F)c(C(=O)Nc3ccc4ccccc4c3)c2OC(C)C)n2ccnc(N)c12. The highest BCUT2D eigenvalue weighted by Gasteiger charge is 2.35. The van der Waals surface area contributed by atoms with Crippen molar-refractivity contribution in [2.75, 3.05) is 40.3 Å². The molecule has 9 N–H and O–H groups in total. The van der Waals surface area contributed by atoms with Crippen LogP contribution in [0.25, 0.3) is 38.1 Å². The van der Waals surface area contributed by atoms with Crippen molar-refractivity contribution >= 4 is 125 Å². The number of ether oxygens (including phenoxy) is 4. The Morgan fingerprint density at radius 3 is 1.20 bits per heavy atom. The lowest BCUT2D eigenvalue weighted by Gasteiger charge is -2.22. The van der Waals surface area contributed by atoms with Gasteiger partial charge in [0, 0.05) is 94.1 Å². The molecule has 0 bridgehead atoms. The predicted molar refractivity (Wildman–Crippen MR) is 440 cm³/mol. The molecular weight excluding hydrogens is 1510 g/mol. The third kappa shape index (κ3) is 16.3. The van der Waals surface area contributed by atoms with Crippen LogP contribution >= 0.6 is 34.8 Å². The first-order valence-electron chi connectivity index (χ1n) is 36.2. The smallest absolute Gasteiger partial charge is 0.262 e. The molecule has 3 amide bonds. The average molecular weight is 1590 g/mol. The van der Waals surface area contributed by atoms with Gasteiger partial charge < -0.3 is 52.1 Å². The van der Waals surface area contributed by atoms with E-state index in [9.17, 15) is 14.4 Å². The molecule has 2 unspecified atom stereocenters. The predicted octanol–water partition coefficient (Wildman–Crippen LogP) is 19.4. The minimum Gasteiger partial charge on any atom is -0.497 e.